The molecule has 1 aliphatic rings. The smallest absolute Gasteiger partial charge is 0.135 e. The molecule has 0 unspecified atom stereocenters. The van der Waals surface area contributed by atoms with Crippen molar-refractivity contribution in [2.75, 3.05) is 4.90 Å². The van der Waals surface area contributed by atoms with Crippen LogP contribution >= 0.6 is 11.3 Å². The van der Waals surface area contributed by atoms with Gasteiger partial charge < -0.3 is 9.64 Å². The van der Waals surface area contributed by atoms with Gasteiger partial charge in [-0.15, -0.1) is 11.3 Å². The summed E-state index contributed by atoms with van der Waals surface area (Å²) in [4.78, 5) is 2.47. The minimum absolute atomic E-state index is 0.860. The maximum atomic E-state index is 6.65. The summed E-state index contributed by atoms with van der Waals surface area (Å²) in [7, 11) is 0. The van der Waals surface area contributed by atoms with Crippen LogP contribution < -0.4 is 9.64 Å². The van der Waals surface area contributed by atoms with Gasteiger partial charge in [0.1, 0.15) is 11.5 Å². The Balaban J connectivity index is 1.34. The molecule has 0 atom stereocenters. The Bertz CT molecular complexity index is 2710. The van der Waals surface area contributed by atoms with E-state index < -0.39 is 0 Å². The standard InChI is InChI=1S/C46H29NOS/c1-2-13-30(14-3-1)33-16-4-8-20-39(33)47(32-26-28-44-38(29-32)35-18-7-11-24-43(35)49-44)40-21-12-15-31-25-27-36-34-17-5-9-22-41(34)48-42-23-10-6-19-37(42)46(36)45(31)40/h1-29H. The molecule has 10 rings (SSSR count). The van der Waals surface area contributed by atoms with Crippen LogP contribution in [0, 0.1) is 0 Å². The lowest BCUT2D eigenvalue weighted by molar-refractivity contribution is 0.488. The number of benzene rings is 8. The first kappa shape index (κ1) is 27.9. The fourth-order valence-corrected chi connectivity index (χ4v) is 8.59. The van der Waals surface area contributed by atoms with Gasteiger partial charge in [-0.25, -0.2) is 0 Å². The van der Waals surface area contributed by atoms with Gasteiger partial charge in [-0.2, -0.15) is 0 Å². The summed E-state index contributed by atoms with van der Waals surface area (Å²) in [5.74, 6) is 1.73. The van der Waals surface area contributed by atoms with E-state index in [2.05, 4.69) is 175 Å². The van der Waals surface area contributed by atoms with E-state index >= 15 is 0 Å². The van der Waals surface area contributed by atoms with Crippen molar-refractivity contribution < 1.29 is 4.74 Å². The summed E-state index contributed by atoms with van der Waals surface area (Å²) in [6.45, 7) is 0. The zero-order valence-electron chi connectivity index (χ0n) is 26.5. The quantitative estimate of drug-likeness (QED) is 0.189. The first-order valence-corrected chi connectivity index (χ1v) is 17.4. The molecule has 0 amide bonds. The van der Waals surface area contributed by atoms with Crippen molar-refractivity contribution in [3.63, 3.8) is 0 Å². The molecule has 0 fully saturated rings. The number of hydrogen-bond donors (Lipinski definition) is 0. The predicted molar refractivity (Wildman–Crippen MR) is 208 cm³/mol. The maximum absolute atomic E-state index is 6.65. The topological polar surface area (TPSA) is 12.5 Å². The van der Waals surface area contributed by atoms with Crippen LogP contribution in [0.3, 0.4) is 0 Å². The van der Waals surface area contributed by atoms with E-state index in [4.69, 9.17) is 4.74 Å². The number of hydrogen-bond acceptors (Lipinski definition) is 3. The van der Waals surface area contributed by atoms with Crippen molar-refractivity contribution >= 4 is 59.3 Å². The molecule has 8 aromatic carbocycles. The van der Waals surface area contributed by atoms with Gasteiger partial charge in [-0.05, 0) is 65.0 Å². The highest BCUT2D eigenvalue weighted by atomic mass is 32.1. The minimum Gasteiger partial charge on any atom is -0.456 e. The monoisotopic (exact) mass is 643 g/mol. The average Bonchev–Trinajstić information content (AvgIpc) is 3.46. The number of thiophene rings is 1. The first-order valence-electron chi connectivity index (χ1n) is 16.6. The summed E-state index contributed by atoms with van der Waals surface area (Å²) in [6, 6.07) is 63.2. The second kappa shape index (κ2) is 11.2. The van der Waals surface area contributed by atoms with E-state index in [-0.39, 0.29) is 0 Å². The SMILES string of the molecule is c1ccc(-c2ccccc2N(c2ccc3sc4ccccc4c3c2)c2cccc3ccc4c(c23)-c2ccccc2Oc2ccccc2-4)cc1. The highest BCUT2D eigenvalue weighted by Gasteiger charge is 2.27. The highest BCUT2D eigenvalue weighted by Crippen LogP contribution is 2.53. The molecule has 49 heavy (non-hydrogen) atoms. The lowest BCUT2D eigenvalue weighted by Crippen LogP contribution is -2.12. The molecule has 0 saturated heterocycles. The van der Waals surface area contributed by atoms with Crippen LogP contribution in [0.4, 0.5) is 17.1 Å². The van der Waals surface area contributed by atoms with Gasteiger partial charge >= 0.3 is 0 Å². The van der Waals surface area contributed by atoms with Gasteiger partial charge in [0.25, 0.3) is 0 Å². The molecular weight excluding hydrogens is 615 g/mol. The van der Waals surface area contributed by atoms with Gasteiger partial charge in [0, 0.05) is 53.5 Å². The molecule has 3 heteroatoms. The first-order chi connectivity index (χ1) is 24.3. The van der Waals surface area contributed by atoms with Gasteiger partial charge in [-0.3, -0.25) is 0 Å². The second-order valence-corrected chi connectivity index (χ2v) is 13.5. The number of para-hydroxylation sites is 3. The summed E-state index contributed by atoms with van der Waals surface area (Å²) < 4.78 is 9.24. The van der Waals surface area contributed by atoms with Crippen LogP contribution in [-0.4, -0.2) is 0 Å². The van der Waals surface area contributed by atoms with Crippen molar-refractivity contribution in [2.45, 2.75) is 0 Å². The van der Waals surface area contributed by atoms with E-state index in [0.717, 1.165) is 45.3 Å². The van der Waals surface area contributed by atoms with Crippen molar-refractivity contribution in [3.8, 4) is 44.9 Å². The lowest BCUT2D eigenvalue weighted by atomic mass is 9.88. The fraction of sp³-hybridized carbons (Fsp3) is 0. The van der Waals surface area contributed by atoms with E-state index in [0.29, 0.717) is 0 Å². The Morgan fingerprint density at radius 3 is 1.98 bits per heavy atom. The normalized spacial score (nSPS) is 11.8. The molecule has 0 saturated carbocycles. The number of ether oxygens (including phenoxy) is 1. The summed E-state index contributed by atoms with van der Waals surface area (Å²) in [5.41, 5.74) is 10.2. The van der Waals surface area contributed by atoms with Crippen LogP contribution in [0.15, 0.2) is 176 Å². The Hall–Kier alpha value is -6.16. The summed E-state index contributed by atoms with van der Waals surface area (Å²) in [6.07, 6.45) is 0. The fourth-order valence-electron chi connectivity index (χ4n) is 7.50. The largest absolute Gasteiger partial charge is 0.456 e. The molecule has 0 radical (unpaired) electrons. The van der Waals surface area contributed by atoms with Gasteiger partial charge in [0.05, 0.1) is 11.4 Å². The average molecular weight is 644 g/mol. The van der Waals surface area contributed by atoms with E-state index in [1.807, 2.05) is 17.4 Å². The van der Waals surface area contributed by atoms with Gasteiger partial charge in [0.2, 0.25) is 0 Å². The van der Waals surface area contributed by atoms with Crippen LogP contribution in [-0.2, 0) is 0 Å². The molecule has 2 heterocycles. The highest BCUT2D eigenvalue weighted by molar-refractivity contribution is 7.25. The molecule has 0 N–H and O–H groups in total. The molecule has 0 aliphatic carbocycles. The number of rotatable bonds is 4. The van der Waals surface area contributed by atoms with E-state index in [9.17, 15) is 0 Å². The van der Waals surface area contributed by atoms with E-state index in [1.165, 1.54) is 47.6 Å². The van der Waals surface area contributed by atoms with Gasteiger partial charge in [-0.1, -0.05) is 127 Å². The second-order valence-electron chi connectivity index (χ2n) is 12.5. The van der Waals surface area contributed by atoms with Crippen LogP contribution in [0.2, 0.25) is 0 Å². The van der Waals surface area contributed by atoms with Crippen molar-refractivity contribution in [1.29, 1.82) is 0 Å². The van der Waals surface area contributed by atoms with Crippen molar-refractivity contribution in [3.05, 3.63) is 176 Å². The zero-order chi connectivity index (χ0) is 32.3. The van der Waals surface area contributed by atoms with Crippen molar-refractivity contribution in [2.24, 2.45) is 0 Å². The summed E-state index contributed by atoms with van der Waals surface area (Å²) in [5, 5.41) is 4.92. The Labute approximate surface area is 288 Å². The Morgan fingerprint density at radius 1 is 0.429 bits per heavy atom. The third-order valence-electron chi connectivity index (χ3n) is 9.67. The molecule has 1 aromatic heterocycles. The Kier molecular flexibility index (Phi) is 6.39. The lowest BCUT2D eigenvalue weighted by Gasteiger charge is -2.30. The van der Waals surface area contributed by atoms with Crippen LogP contribution in [0.25, 0.3) is 64.3 Å². The maximum Gasteiger partial charge on any atom is 0.135 e. The van der Waals surface area contributed by atoms with Crippen LogP contribution in [0.5, 0.6) is 11.5 Å². The Morgan fingerprint density at radius 2 is 1.10 bits per heavy atom. The third kappa shape index (κ3) is 4.47. The molecule has 0 bridgehead atoms. The van der Waals surface area contributed by atoms with Crippen molar-refractivity contribution in [1.82, 2.24) is 0 Å². The third-order valence-corrected chi connectivity index (χ3v) is 10.8. The van der Waals surface area contributed by atoms with E-state index in [1.54, 1.807) is 0 Å². The summed E-state index contributed by atoms with van der Waals surface area (Å²) >= 11 is 1.85. The molecule has 2 nitrogen and oxygen atoms in total. The van der Waals surface area contributed by atoms with Gasteiger partial charge in [0.15, 0.2) is 0 Å². The number of anilines is 3. The molecule has 1 aliphatic heterocycles. The minimum atomic E-state index is 0.860. The molecule has 9 aromatic rings. The zero-order valence-corrected chi connectivity index (χ0v) is 27.3. The number of nitrogens with zero attached hydrogens (tertiary/aromatic N) is 1. The van der Waals surface area contributed by atoms with Crippen LogP contribution in [0.1, 0.15) is 0 Å². The molecule has 230 valence electrons. The predicted octanol–water partition coefficient (Wildman–Crippen LogP) is 13.8. The molecule has 0 spiro atoms. The molecular formula is C46H29NOS. The number of fused-ring (bicyclic) bond motifs is 10.